The minimum atomic E-state index is -0.0276. The van der Waals surface area contributed by atoms with Gasteiger partial charge in [0.1, 0.15) is 0 Å². The van der Waals surface area contributed by atoms with Gasteiger partial charge in [-0.1, -0.05) is 0 Å². The van der Waals surface area contributed by atoms with Gasteiger partial charge >= 0.3 is 0 Å². The van der Waals surface area contributed by atoms with Gasteiger partial charge in [-0.2, -0.15) is 0 Å². The first-order valence-corrected chi connectivity index (χ1v) is 8.43. The molecule has 0 aromatic heterocycles. The van der Waals surface area contributed by atoms with Crippen LogP contribution in [-0.2, 0) is 0 Å². The summed E-state index contributed by atoms with van der Waals surface area (Å²) in [6.07, 6.45) is 8.89. The largest absolute Gasteiger partial charge is 0.394 e. The van der Waals surface area contributed by atoms with E-state index in [1.807, 2.05) is 7.05 Å². The van der Waals surface area contributed by atoms with Crippen molar-refractivity contribution >= 4 is 0 Å². The summed E-state index contributed by atoms with van der Waals surface area (Å²) in [6.45, 7) is 2.77. The molecule has 0 aromatic rings. The number of aliphatic hydroxyl groups is 1. The summed E-state index contributed by atoms with van der Waals surface area (Å²) in [5.41, 5.74) is -0.0276. The van der Waals surface area contributed by atoms with Gasteiger partial charge in [0, 0.05) is 30.2 Å². The average Bonchev–Trinajstić information content (AvgIpc) is 2.72. The second-order valence-electron chi connectivity index (χ2n) is 7.27. The highest BCUT2D eigenvalue weighted by atomic mass is 16.3. The molecule has 0 aromatic carbocycles. The zero-order valence-corrected chi connectivity index (χ0v) is 13.1. The summed E-state index contributed by atoms with van der Waals surface area (Å²) in [6, 6.07) is 2.25. The van der Waals surface area contributed by atoms with Crippen LogP contribution in [-0.4, -0.2) is 72.4 Å². The fraction of sp³-hybridized carbons (Fsp3) is 1.00. The highest BCUT2D eigenvalue weighted by molar-refractivity contribution is 4.98. The smallest absolute Gasteiger partial charge is 0.0613 e. The number of hydrogen-bond donors (Lipinski definition) is 2. The van der Waals surface area contributed by atoms with Crippen LogP contribution in [0.3, 0.4) is 0 Å². The first-order chi connectivity index (χ1) is 9.67. The molecule has 4 atom stereocenters. The molecule has 4 unspecified atom stereocenters. The highest BCUT2D eigenvalue weighted by Crippen LogP contribution is 2.35. The van der Waals surface area contributed by atoms with Crippen LogP contribution in [0.1, 0.15) is 44.9 Å². The lowest BCUT2D eigenvalue weighted by atomic mass is 9.78. The van der Waals surface area contributed by atoms with Gasteiger partial charge in [-0.3, -0.25) is 9.80 Å². The molecule has 116 valence electrons. The van der Waals surface area contributed by atoms with Crippen LogP contribution in [0, 0.1) is 0 Å². The van der Waals surface area contributed by atoms with Gasteiger partial charge in [0.2, 0.25) is 0 Å². The van der Waals surface area contributed by atoms with Crippen molar-refractivity contribution in [1.82, 2.24) is 15.1 Å². The van der Waals surface area contributed by atoms with E-state index in [1.54, 1.807) is 0 Å². The molecule has 1 aliphatic carbocycles. The van der Waals surface area contributed by atoms with Crippen molar-refractivity contribution in [1.29, 1.82) is 0 Å². The number of nitrogens with one attached hydrogen (secondary N) is 1. The summed E-state index contributed by atoms with van der Waals surface area (Å²) in [5.74, 6) is 0. The summed E-state index contributed by atoms with van der Waals surface area (Å²) in [5, 5.41) is 13.2. The summed E-state index contributed by atoms with van der Waals surface area (Å²) in [4.78, 5) is 5.36. The van der Waals surface area contributed by atoms with Crippen molar-refractivity contribution in [2.75, 3.05) is 33.8 Å². The molecule has 2 saturated heterocycles. The lowest BCUT2D eigenvalue weighted by Crippen LogP contribution is -2.55. The van der Waals surface area contributed by atoms with E-state index < -0.39 is 0 Å². The third-order valence-electron chi connectivity index (χ3n) is 6.35. The maximum absolute atomic E-state index is 9.77. The highest BCUT2D eigenvalue weighted by Gasteiger charge is 2.40. The normalized spacial score (nSPS) is 43.6. The Labute approximate surface area is 123 Å². The number of rotatable bonds is 3. The minimum Gasteiger partial charge on any atom is -0.394 e. The van der Waals surface area contributed by atoms with E-state index in [2.05, 4.69) is 22.2 Å². The summed E-state index contributed by atoms with van der Waals surface area (Å²) in [7, 11) is 4.33. The van der Waals surface area contributed by atoms with Crippen LogP contribution in [0.2, 0.25) is 0 Å². The number of hydrogen-bond acceptors (Lipinski definition) is 4. The molecule has 0 spiro atoms. The topological polar surface area (TPSA) is 38.7 Å². The van der Waals surface area contributed by atoms with Crippen molar-refractivity contribution in [2.24, 2.45) is 0 Å². The van der Waals surface area contributed by atoms with E-state index in [0.29, 0.717) is 6.04 Å². The molecule has 2 bridgehead atoms. The maximum Gasteiger partial charge on any atom is 0.0613 e. The molecule has 3 aliphatic rings. The first kappa shape index (κ1) is 14.8. The third-order valence-corrected chi connectivity index (χ3v) is 6.35. The number of nitrogens with zero attached hydrogens (tertiary/aromatic N) is 2. The van der Waals surface area contributed by atoms with Gasteiger partial charge in [0.05, 0.1) is 6.61 Å². The number of likely N-dealkylation sites (N-methyl/N-ethyl adjacent to an activating group) is 2. The van der Waals surface area contributed by atoms with Gasteiger partial charge in [-0.05, 0) is 65.6 Å². The van der Waals surface area contributed by atoms with Crippen LogP contribution < -0.4 is 5.32 Å². The van der Waals surface area contributed by atoms with E-state index in [9.17, 15) is 5.11 Å². The lowest BCUT2D eigenvalue weighted by molar-refractivity contribution is 0.0594. The Morgan fingerprint density at radius 2 is 1.95 bits per heavy atom. The predicted molar refractivity (Wildman–Crippen MR) is 81.9 cm³/mol. The first-order valence-electron chi connectivity index (χ1n) is 8.43. The van der Waals surface area contributed by atoms with E-state index in [0.717, 1.165) is 24.9 Å². The van der Waals surface area contributed by atoms with Gasteiger partial charge in [-0.25, -0.2) is 0 Å². The molecule has 2 aliphatic heterocycles. The molecule has 2 heterocycles. The average molecular weight is 281 g/mol. The lowest BCUT2D eigenvalue weighted by Gasteiger charge is -2.44. The molecule has 1 saturated carbocycles. The van der Waals surface area contributed by atoms with Crippen molar-refractivity contribution in [3.63, 3.8) is 0 Å². The fourth-order valence-corrected chi connectivity index (χ4v) is 4.76. The molecular weight excluding hydrogens is 250 g/mol. The zero-order chi connectivity index (χ0) is 14.2. The molecule has 3 fully saturated rings. The second-order valence-corrected chi connectivity index (χ2v) is 7.27. The second kappa shape index (κ2) is 5.91. The fourth-order valence-electron chi connectivity index (χ4n) is 4.76. The van der Waals surface area contributed by atoms with Gasteiger partial charge in [-0.15, -0.1) is 0 Å². The Kier molecular flexibility index (Phi) is 4.37. The van der Waals surface area contributed by atoms with E-state index in [4.69, 9.17) is 0 Å². The predicted octanol–water partition coefficient (Wildman–Crippen LogP) is 1.05. The number of aliphatic hydroxyl groups excluding tert-OH is 1. The summed E-state index contributed by atoms with van der Waals surface area (Å²) < 4.78 is 0. The van der Waals surface area contributed by atoms with Crippen molar-refractivity contribution in [2.45, 2.75) is 68.6 Å². The standard InChI is InChI=1S/C16H31N3O/c1-17-16(12-20)8-3-4-14(10-16)19-9-7-13-5-6-15(11-19)18(13)2/h13-15,17,20H,3-12H2,1-2H3. The van der Waals surface area contributed by atoms with Crippen LogP contribution in [0.25, 0.3) is 0 Å². The zero-order valence-electron chi connectivity index (χ0n) is 13.1. The van der Waals surface area contributed by atoms with Crippen molar-refractivity contribution in [3.05, 3.63) is 0 Å². The third kappa shape index (κ3) is 2.63. The molecule has 0 radical (unpaired) electrons. The molecule has 2 N–H and O–H groups in total. The molecule has 3 rings (SSSR count). The van der Waals surface area contributed by atoms with Crippen LogP contribution in [0.15, 0.2) is 0 Å². The van der Waals surface area contributed by atoms with E-state index in [-0.39, 0.29) is 12.1 Å². The summed E-state index contributed by atoms with van der Waals surface area (Å²) >= 11 is 0. The molecule has 20 heavy (non-hydrogen) atoms. The van der Waals surface area contributed by atoms with Crippen molar-refractivity contribution < 1.29 is 5.11 Å². The Hall–Kier alpha value is -0.160. The number of likely N-dealkylation sites (tertiary alicyclic amines) is 1. The van der Waals surface area contributed by atoms with Crippen LogP contribution in [0.5, 0.6) is 0 Å². The van der Waals surface area contributed by atoms with Crippen LogP contribution in [0.4, 0.5) is 0 Å². The van der Waals surface area contributed by atoms with E-state index in [1.165, 1.54) is 45.2 Å². The van der Waals surface area contributed by atoms with Gasteiger partial charge in [0.25, 0.3) is 0 Å². The number of fused-ring (bicyclic) bond motifs is 2. The van der Waals surface area contributed by atoms with Crippen LogP contribution >= 0.6 is 0 Å². The Balaban J connectivity index is 1.67. The minimum absolute atomic E-state index is 0.0276. The Morgan fingerprint density at radius 1 is 1.15 bits per heavy atom. The molecule has 0 amide bonds. The van der Waals surface area contributed by atoms with Crippen molar-refractivity contribution in [3.8, 4) is 0 Å². The SMILES string of the molecule is CNC1(CO)CCCC(N2CCC3CCC(C2)N3C)C1. The quantitative estimate of drug-likeness (QED) is 0.811. The van der Waals surface area contributed by atoms with Gasteiger partial charge in [0.15, 0.2) is 0 Å². The Morgan fingerprint density at radius 3 is 2.70 bits per heavy atom. The molecular formula is C16H31N3O. The van der Waals surface area contributed by atoms with E-state index >= 15 is 0 Å². The maximum atomic E-state index is 9.77. The van der Waals surface area contributed by atoms with Gasteiger partial charge < -0.3 is 10.4 Å². The molecule has 4 heteroatoms. The Bertz CT molecular complexity index is 332. The molecule has 4 nitrogen and oxygen atoms in total. The monoisotopic (exact) mass is 281 g/mol.